The van der Waals surface area contributed by atoms with Gasteiger partial charge in [-0.3, -0.25) is 9.78 Å². The smallest absolute Gasteiger partial charge is 0.258 e. The number of amides is 1. The molecule has 2 aliphatic heterocycles. The molecule has 0 bridgehead atoms. The number of hydrogen-bond acceptors (Lipinski definition) is 5. The molecule has 1 amide bonds. The Morgan fingerprint density at radius 3 is 2.48 bits per heavy atom. The molecule has 128 valence electrons. The maximum absolute atomic E-state index is 13.2. The normalized spacial score (nSPS) is 23.6. The molecule has 2 fully saturated rings. The second-order valence-electron chi connectivity index (χ2n) is 5.95. The second kappa shape index (κ2) is 7.23. The van der Waals surface area contributed by atoms with E-state index in [1.165, 1.54) is 0 Å². The fraction of sp³-hybridized carbons (Fsp3) is 0.263. The summed E-state index contributed by atoms with van der Waals surface area (Å²) in [6, 6.07) is 15.0. The predicted octanol–water partition coefficient (Wildman–Crippen LogP) is 3.09. The summed E-state index contributed by atoms with van der Waals surface area (Å²) in [5, 5.41) is 11.0. The first kappa shape index (κ1) is 16.7. The van der Waals surface area contributed by atoms with Crippen LogP contribution < -0.4 is 4.90 Å². The fourth-order valence-electron chi connectivity index (χ4n) is 3.25. The Balaban J connectivity index is 1.75. The zero-order chi connectivity index (χ0) is 17.2. The van der Waals surface area contributed by atoms with Crippen LogP contribution in [0.5, 0.6) is 0 Å². The standard InChI is InChI=1S/C19H18N2O2S2/c22-17-15(12-13-6-4-5-9-20-13)21(14-7-2-1-3-8-14)18(23)16(17)19-24-10-11-25-19/h1-9,15,17,22H,10-12H2/t15-,17-/m0/s1. The van der Waals surface area contributed by atoms with Crippen LogP contribution in [-0.2, 0) is 11.2 Å². The molecule has 2 aliphatic rings. The van der Waals surface area contributed by atoms with E-state index in [1.807, 2.05) is 48.5 Å². The van der Waals surface area contributed by atoms with E-state index in [4.69, 9.17) is 0 Å². The highest BCUT2D eigenvalue weighted by molar-refractivity contribution is 8.25. The molecule has 2 saturated heterocycles. The SMILES string of the molecule is O=C1C(=C2SCCS2)[C@@H](O)[C@H](Cc2ccccn2)N1c1ccccc1. The van der Waals surface area contributed by atoms with Gasteiger partial charge in [-0.15, -0.1) is 23.5 Å². The Morgan fingerprint density at radius 2 is 1.80 bits per heavy atom. The highest BCUT2D eigenvalue weighted by Gasteiger charge is 2.46. The maximum atomic E-state index is 13.2. The lowest BCUT2D eigenvalue weighted by atomic mass is 10.0. The Morgan fingerprint density at radius 1 is 1.08 bits per heavy atom. The van der Waals surface area contributed by atoms with E-state index in [-0.39, 0.29) is 11.9 Å². The van der Waals surface area contributed by atoms with E-state index in [0.29, 0.717) is 12.0 Å². The van der Waals surface area contributed by atoms with Crippen LogP contribution in [0.15, 0.2) is 64.5 Å². The number of pyridine rings is 1. The molecule has 0 spiro atoms. The first-order chi connectivity index (χ1) is 12.3. The van der Waals surface area contributed by atoms with Crippen molar-refractivity contribution in [1.82, 2.24) is 4.98 Å². The van der Waals surface area contributed by atoms with Crippen LogP contribution in [0.3, 0.4) is 0 Å². The summed E-state index contributed by atoms with van der Waals surface area (Å²) < 4.78 is 0.974. The van der Waals surface area contributed by atoms with Crippen molar-refractivity contribution >= 4 is 35.1 Å². The van der Waals surface area contributed by atoms with Crippen molar-refractivity contribution in [2.24, 2.45) is 0 Å². The minimum Gasteiger partial charge on any atom is -0.386 e. The third-order valence-corrected chi connectivity index (χ3v) is 7.14. The third kappa shape index (κ3) is 3.21. The molecule has 2 aromatic rings. The zero-order valence-electron chi connectivity index (χ0n) is 13.5. The monoisotopic (exact) mass is 370 g/mol. The number of aliphatic hydroxyl groups excluding tert-OH is 1. The molecule has 0 unspecified atom stereocenters. The van der Waals surface area contributed by atoms with E-state index >= 15 is 0 Å². The molecule has 0 aliphatic carbocycles. The number of anilines is 1. The van der Waals surface area contributed by atoms with Gasteiger partial charge in [-0.2, -0.15) is 0 Å². The van der Waals surface area contributed by atoms with Crippen LogP contribution >= 0.6 is 23.5 Å². The van der Waals surface area contributed by atoms with E-state index < -0.39 is 6.10 Å². The first-order valence-corrected chi connectivity index (χ1v) is 10.2. The van der Waals surface area contributed by atoms with E-state index in [2.05, 4.69) is 4.98 Å². The van der Waals surface area contributed by atoms with E-state index in [9.17, 15) is 9.90 Å². The quantitative estimate of drug-likeness (QED) is 0.842. The summed E-state index contributed by atoms with van der Waals surface area (Å²) in [6.45, 7) is 0. The molecule has 1 aromatic carbocycles. The third-order valence-electron chi connectivity index (χ3n) is 4.39. The van der Waals surface area contributed by atoms with Crippen molar-refractivity contribution in [3.63, 3.8) is 0 Å². The Kier molecular flexibility index (Phi) is 4.83. The molecule has 4 rings (SSSR count). The van der Waals surface area contributed by atoms with Crippen molar-refractivity contribution < 1.29 is 9.90 Å². The molecule has 1 aromatic heterocycles. The second-order valence-corrected chi connectivity index (χ2v) is 8.41. The van der Waals surface area contributed by atoms with Gasteiger partial charge in [0.05, 0.1) is 15.9 Å². The number of carbonyl (C=O) groups excluding carboxylic acids is 1. The molecule has 0 radical (unpaired) electrons. The van der Waals surface area contributed by atoms with Gasteiger partial charge in [-0.25, -0.2) is 0 Å². The van der Waals surface area contributed by atoms with Gasteiger partial charge in [-0.1, -0.05) is 24.3 Å². The van der Waals surface area contributed by atoms with E-state index in [1.54, 1.807) is 34.6 Å². The van der Waals surface area contributed by atoms with Crippen LogP contribution in [-0.4, -0.2) is 39.6 Å². The number of hydrogen-bond donors (Lipinski definition) is 1. The predicted molar refractivity (Wildman–Crippen MR) is 104 cm³/mol. The van der Waals surface area contributed by atoms with Gasteiger partial charge < -0.3 is 10.0 Å². The summed E-state index contributed by atoms with van der Waals surface area (Å²) >= 11 is 3.34. The minimum absolute atomic E-state index is 0.0865. The summed E-state index contributed by atoms with van der Waals surface area (Å²) in [5.74, 6) is 1.89. The van der Waals surface area contributed by atoms with Crippen molar-refractivity contribution in [3.05, 3.63) is 70.2 Å². The number of nitrogens with zero attached hydrogens (tertiary/aromatic N) is 2. The molecule has 0 saturated carbocycles. The largest absolute Gasteiger partial charge is 0.386 e. The lowest BCUT2D eigenvalue weighted by Crippen LogP contribution is -2.39. The summed E-state index contributed by atoms with van der Waals surface area (Å²) in [7, 11) is 0. The average Bonchev–Trinajstić information content (AvgIpc) is 3.24. The Hall–Kier alpha value is -1.76. The maximum Gasteiger partial charge on any atom is 0.258 e. The summed E-state index contributed by atoms with van der Waals surface area (Å²) in [4.78, 5) is 19.3. The van der Waals surface area contributed by atoms with Gasteiger partial charge in [0.15, 0.2) is 0 Å². The fourth-order valence-corrected chi connectivity index (χ4v) is 5.85. The average molecular weight is 370 g/mol. The van der Waals surface area contributed by atoms with Crippen molar-refractivity contribution in [1.29, 1.82) is 0 Å². The topological polar surface area (TPSA) is 53.4 Å². The molecule has 25 heavy (non-hydrogen) atoms. The molecule has 3 heterocycles. The number of aliphatic hydroxyl groups is 1. The van der Waals surface area contributed by atoms with Crippen LogP contribution in [0.2, 0.25) is 0 Å². The highest BCUT2D eigenvalue weighted by Crippen LogP contribution is 2.44. The zero-order valence-corrected chi connectivity index (χ0v) is 15.2. The number of thioether (sulfide) groups is 2. The number of para-hydroxylation sites is 1. The van der Waals surface area contributed by atoms with Crippen LogP contribution in [0.1, 0.15) is 5.69 Å². The molecule has 6 heteroatoms. The van der Waals surface area contributed by atoms with Gasteiger partial charge >= 0.3 is 0 Å². The van der Waals surface area contributed by atoms with Gasteiger partial charge in [-0.05, 0) is 24.3 Å². The lowest BCUT2D eigenvalue weighted by molar-refractivity contribution is -0.114. The molecule has 2 atom stereocenters. The Bertz CT molecular complexity index is 788. The van der Waals surface area contributed by atoms with E-state index in [0.717, 1.165) is 27.1 Å². The molecule has 4 nitrogen and oxygen atoms in total. The van der Waals surface area contributed by atoms with Gasteiger partial charge in [0, 0.05) is 35.5 Å². The van der Waals surface area contributed by atoms with Crippen molar-refractivity contribution in [2.75, 3.05) is 16.4 Å². The lowest BCUT2D eigenvalue weighted by Gasteiger charge is -2.25. The van der Waals surface area contributed by atoms with Gasteiger partial charge in [0.1, 0.15) is 6.10 Å². The van der Waals surface area contributed by atoms with Crippen molar-refractivity contribution in [2.45, 2.75) is 18.6 Å². The van der Waals surface area contributed by atoms with Gasteiger partial charge in [0.2, 0.25) is 0 Å². The summed E-state index contributed by atoms with van der Waals surface area (Å²) in [5.41, 5.74) is 2.24. The van der Waals surface area contributed by atoms with Crippen LogP contribution in [0, 0.1) is 0 Å². The first-order valence-electron chi connectivity index (χ1n) is 8.22. The van der Waals surface area contributed by atoms with Crippen LogP contribution in [0.25, 0.3) is 0 Å². The minimum atomic E-state index is -0.803. The number of aromatic nitrogens is 1. The highest BCUT2D eigenvalue weighted by atomic mass is 32.2. The van der Waals surface area contributed by atoms with Gasteiger partial charge in [0.25, 0.3) is 5.91 Å². The summed E-state index contributed by atoms with van der Waals surface area (Å²) in [6.07, 6.45) is 1.46. The number of benzene rings is 1. The molecular weight excluding hydrogens is 352 g/mol. The number of rotatable bonds is 3. The molecule has 1 N–H and O–H groups in total. The Labute approximate surface area is 155 Å². The number of carbonyl (C=O) groups is 1. The van der Waals surface area contributed by atoms with Crippen molar-refractivity contribution in [3.8, 4) is 0 Å². The van der Waals surface area contributed by atoms with Crippen LogP contribution in [0.4, 0.5) is 5.69 Å². The molecular formula is C19H18N2O2S2.